The Labute approximate surface area is 96.9 Å². The minimum atomic E-state index is 0.603. The topological polar surface area (TPSA) is 30.7 Å². The third kappa shape index (κ3) is 1.52. The molecule has 0 radical (unpaired) electrons. The summed E-state index contributed by atoms with van der Waals surface area (Å²) in [5.74, 6) is 0. The van der Waals surface area contributed by atoms with Crippen molar-refractivity contribution >= 4 is 34.5 Å². The highest BCUT2D eigenvalue weighted by molar-refractivity contribution is 7.98. The molecule has 5 heteroatoms. The molecule has 0 atom stereocenters. The first kappa shape index (κ1) is 9.48. The molecule has 0 saturated heterocycles. The van der Waals surface area contributed by atoms with Gasteiger partial charge in [-0.2, -0.15) is 0 Å². The van der Waals surface area contributed by atoms with E-state index in [4.69, 9.17) is 11.6 Å². The molecule has 0 bridgehead atoms. The minimum absolute atomic E-state index is 0.603. The molecule has 3 rings (SSSR count). The van der Waals surface area contributed by atoms with Gasteiger partial charge in [-0.15, -0.1) is 0 Å². The van der Waals surface area contributed by atoms with Gasteiger partial charge in [-0.1, -0.05) is 23.4 Å². The largest absolute Gasteiger partial charge is 0.301 e. The van der Waals surface area contributed by atoms with Gasteiger partial charge < -0.3 is 4.57 Å². The molecule has 1 aliphatic rings. The molecule has 0 N–H and O–H groups in total. The van der Waals surface area contributed by atoms with E-state index in [2.05, 4.69) is 14.5 Å². The average molecular weight is 240 g/mol. The first-order chi connectivity index (χ1) is 7.29. The summed E-state index contributed by atoms with van der Waals surface area (Å²) in [6.45, 7) is 0. The van der Waals surface area contributed by atoms with E-state index in [-0.39, 0.29) is 0 Å². The normalized spacial score (nSPS) is 16.1. The average Bonchev–Trinajstić information content (AvgIpc) is 2.99. The van der Waals surface area contributed by atoms with Gasteiger partial charge in [0.05, 0.1) is 5.02 Å². The van der Waals surface area contributed by atoms with E-state index in [1.165, 1.54) is 12.8 Å². The van der Waals surface area contributed by atoms with E-state index in [9.17, 15) is 0 Å². The van der Waals surface area contributed by atoms with Crippen LogP contribution in [-0.4, -0.2) is 20.8 Å². The van der Waals surface area contributed by atoms with Crippen LogP contribution in [0, 0.1) is 0 Å². The van der Waals surface area contributed by atoms with Crippen molar-refractivity contribution in [3.8, 4) is 0 Å². The number of pyridine rings is 1. The van der Waals surface area contributed by atoms with Crippen molar-refractivity contribution in [2.24, 2.45) is 0 Å². The van der Waals surface area contributed by atoms with Crippen LogP contribution in [0.2, 0.25) is 5.02 Å². The van der Waals surface area contributed by atoms with Crippen LogP contribution in [0.25, 0.3) is 11.2 Å². The lowest BCUT2D eigenvalue weighted by molar-refractivity contribution is 0.679. The fraction of sp³-hybridized carbons (Fsp3) is 0.400. The van der Waals surface area contributed by atoms with Crippen LogP contribution in [0.4, 0.5) is 0 Å². The molecule has 2 heterocycles. The van der Waals surface area contributed by atoms with Crippen LogP contribution in [0.15, 0.2) is 17.4 Å². The second-order valence-corrected chi connectivity index (χ2v) is 4.91. The van der Waals surface area contributed by atoms with Crippen LogP contribution in [-0.2, 0) is 0 Å². The maximum absolute atomic E-state index is 5.90. The van der Waals surface area contributed by atoms with Gasteiger partial charge in [-0.3, -0.25) is 0 Å². The summed E-state index contributed by atoms with van der Waals surface area (Å²) < 4.78 is 2.23. The lowest BCUT2D eigenvalue weighted by atomic mass is 10.4. The van der Waals surface area contributed by atoms with Crippen molar-refractivity contribution in [2.45, 2.75) is 24.0 Å². The second-order valence-electron chi connectivity index (χ2n) is 3.70. The highest BCUT2D eigenvalue weighted by Gasteiger charge is 2.28. The molecule has 15 heavy (non-hydrogen) atoms. The van der Waals surface area contributed by atoms with Gasteiger partial charge >= 0.3 is 0 Å². The van der Waals surface area contributed by atoms with Crippen LogP contribution >= 0.6 is 23.4 Å². The molecule has 0 unspecified atom stereocenters. The third-order valence-corrected chi connectivity index (χ3v) is 3.42. The molecule has 78 valence electrons. The molecule has 1 saturated carbocycles. The Morgan fingerprint density at radius 1 is 1.53 bits per heavy atom. The molecule has 2 aromatic rings. The first-order valence-electron chi connectivity index (χ1n) is 4.87. The fourth-order valence-electron chi connectivity index (χ4n) is 1.74. The second kappa shape index (κ2) is 3.39. The summed E-state index contributed by atoms with van der Waals surface area (Å²) in [6, 6.07) is 2.48. The molecule has 2 aromatic heterocycles. The Bertz CT molecular complexity index is 519. The zero-order chi connectivity index (χ0) is 10.4. The maximum atomic E-state index is 5.90. The Balaban J connectivity index is 2.28. The van der Waals surface area contributed by atoms with Gasteiger partial charge in [0.15, 0.2) is 10.8 Å². The van der Waals surface area contributed by atoms with E-state index in [1.807, 2.05) is 12.3 Å². The van der Waals surface area contributed by atoms with Crippen LogP contribution in [0.1, 0.15) is 18.9 Å². The van der Waals surface area contributed by atoms with Gasteiger partial charge in [0.25, 0.3) is 0 Å². The summed E-state index contributed by atoms with van der Waals surface area (Å²) in [4.78, 5) is 8.90. The minimum Gasteiger partial charge on any atom is -0.301 e. The fourth-order valence-corrected chi connectivity index (χ4v) is 2.52. The van der Waals surface area contributed by atoms with Gasteiger partial charge in [0, 0.05) is 12.2 Å². The molecule has 0 aromatic carbocycles. The molecule has 1 aliphatic carbocycles. The molecule has 0 spiro atoms. The summed E-state index contributed by atoms with van der Waals surface area (Å²) in [5.41, 5.74) is 1.87. The highest BCUT2D eigenvalue weighted by atomic mass is 35.5. The van der Waals surface area contributed by atoms with E-state index in [0.29, 0.717) is 11.1 Å². The lowest BCUT2D eigenvalue weighted by Crippen LogP contribution is -1.96. The smallest absolute Gasteiger partial charge is 0.170 e. The predicted molar refractivity (Wildman–Crippen MR) is 62.6 cm³/mol. The zero-order valence-corrected chi connectivity index (χ0v) is 9.85. The Hall–Kier alpha value is -0.740. The number of hydrogen-bond acceptors (Lipinski definition) is 3. The summed E-state index contributed by atoms with van der Waals surface area (Å²) in [7, 11) is 0. The summed E-state index contributed by atoms with van der Waals surface area (Å²) >= 11 is 7.56. The van der Waals surface area contributed by atoms with Crippen LogP contribution in [0.5, 0.6) is 0 Å². The molecular weight excluding hydrogens is 230 g/mol. The number of rotatable bonds is 2. The van der Waals surface area contributed by atoms with Crippen LogP contribution in [0.3, 0.4) is 0 Å². The van der Waals surface area contributed by atoms with Crippen molar-refractivity contribution in [3.05, 3.63) is 17.3 Å². The molecule has 3 nitrogen and oxygen atoms in total. The van der Waals surface area contributed by atoms with Gasteiger partial charge in [-0.25, -0.2) is 9.97 Å². The van der Waals surface area contributed by atoms with Gasteiger partial charge in [-0.05, 0) is 25.2 Å². The molecule has 0 aliphatic heterocycles. The van der Waals surface area contributed by atoms with Gasteiger partial charge in [0.1, 0.15) is 5.52 Å². The number of nitrogens with zero attached hydrogens (tertiary/aromatic N) is 3. The summed E-state index contributed by atoms with van der Waals surface area (Å²) in [6.07, 6.45) is 6.21. The number of imidazole rings is 1. The number of fused-ring (bicyclic) bond motifs is 1. The molecular formula is C10H10ClN3S. The molecule has 1 fully saturated rings. The standard InChI is InChI=1S/C10H10ClN3S/c1-15-10-13-8-4-6(11)5-12-9(8)14(10)7-2-3-7/h4-5,7H,2-3H2,1H3. The van der Waals surface area contributed by atoms with E-state index in [0.717, 1.165) is 16.3 Å². The SMILES string of the molecule is CSc1nc2cc(Cl)cnc2n1C1CC1. The van der Waals surface area contributed by atoms with E-state index >= 15 is 0 Å². The third-order valence-electron chi connectivity index (χ3n) is 2.56. The first-order valence-corrected chi connectivity index (χ1v) is 6.47. The van der Waals surface area contributed by atoms with E-state index < -0.39 is 0 Å². The van der Waals surface area contributed by atoms with Crippen LogP contribution < -0.4 is 0 Å². The van der Waals surface area contributed by atoms with Crippen molar-refractivity contribution in [1.82, 2.24) is 14.5 Å². The number of hydrogen-bond donors (Lipinski definition) is 0. The summed E-state index contributed by atoms with van der Waals surface area (Å²) in [5, 5.41) is 1.69. The number of halogens is 1. The monoisotopic (exact) mass is 239 g/mol. The molecule has 0 amide bonds. The van der Waals surface area contributed by atoms with E-state index in [1.54, 1.807) is 18.0 Å². The number of thioether (sulfide) groups is 1. The Morgan fingerprint density at radius 3 is 3.00 bits per heavy atom. The quantitative estimate of drug-likeness (QED) is 0.755. The van der Waals surface area contributed by atoms with Gasteiger partial charge in [0.2, 0.25) is 0 Å². The van der Waals surface area contributed by atoms with Crippen molar-refractivity contribution in [1.29, 1.82) is 0 Å². The highest BCUT2D eigenvalue weighted by Crippen LogP contribution is 2.40. The van der Waals surface area contributed by atoms with Crippen molar-refractivity contribution in [2.75, 3.05) is 6.26 Å². The number of aromatic nitrogens is 3. The van der Waals surface area contributed by atoms with Crippen molar-refractivity contribution in [3.63, 3.8) is 0 Å². The zero-order valence-electron chi connectivity index (χ0n) is 8.27. The lowest BCUT2D eigenvalue weighted by Gasteiger charge is -2.03. The Morgan fingerprint density at radius 2 is 2.33 bits per heavy atom. The van der Waals surface area contributed by atoms with Crippen molar-refractivity contribution < 1.29 is 0 Å². The predicted octanol–water partition coefficient (Wildman–Crippen LogP) is 3.14. The maximum Gasteiger partial charge on any atom is 0.170 e. The Kier molecular flexibility index (Phi) is 2.14.